The van der Waals surface area contributed by atoms with Gasteiger partial charge in [-0.1, -0.05) is 23.5 Å². The van der Waals surface area contributed by atoms with Crippen molar-refractivity contribution < 1.29 is 4.39 Å². The van der Waals surface area contributed by atoms with Crippen LogP contribution < -0.4 is 5.32 Å². The Bertz CT molecular complexity index is 455. The van der Waals surface area contributed by atoms with Gasteiger partial charge in [-0.3, -0.25) is 0 Å². The van der Waals surface area contributed by atoms with Gasteiger partial charge in [0.15, 0.2) is 5.01 Å². The zero-order chi connectivity index (χ0) is 10.7. The van der Waals surface area contributed by atoms with Gasteiger partial charge in [-0.05, 0) is 19.2 Å². The lowest BCUT2D eigenvalue weighted by atomic mass is 10.2. The van der Waals surface area contributed by atoms with Crippen LogP contribution in [0.5, 0.6) is 0 Å². The first-order valence-corrected chi connectivity index (χ1v) is 5.35. The number of nitrogens with zero attached hydrogens (tertiary/aromatic N) is 2. The maximum Gasteiger partial charge on any atom is 0.150 e. The minimum Gasteiger partial charge on any atom is -0.313 e. The second-order valence-corrected chi connectivity index (χ2v) is 4.07. The molecule has 1 aromatic heterocycles. The van der Waals surface area contributed by atoms with Crippen LogP contribution in [0.25, 0.3) is 10.6 Å². The smallest absolute Gasteiger partial charge is 0.150 e. The molecule has 1 heterocycles. The maximum absolute atomic E-state index is 13.4. The molecule has 0 atom stereocenters. The molecule has 0 bridgehead atoms. The van der Waals surface area contributed by atoms with Crippen LogP contribution in [0.15, 0.2) is 24.3 Å². The van der Waals surface area contributed by atoms with Crippen molar-refractivity contribution in [1.82, 2.24) is 15.5 Å². The lowest BCUT2D eigenvalue weighted by Crippen LogP contribution is -2.04. The fraction of sp³-hybridized carbons (Fsp3) is 0.200. The molecule has 78 valence electrons. The molecule has 0 saturated carbocycles. The number of halogens is 1. The van der Waals surface area contributed by atoms with Gasteiger partial charge in [0.1, 0.15) is 10.8 Å². The highest BCUT2D eigenvalue weighted by Gasteiger charge is 2.09. The first-order valence-electron chi connectivity index (χ1n) is 4.53. The molecule has 0 aliphatic rings. The van der Waals surface area contributed by atoms with Crippen molar-refractivity contribution in [2.75, 3.05) is 7.05 Å². The molecule has 0 aliphatic heterocycles. The van der Waals surface area contributed by atoms with Crippen LogP contribution in [-0.4, -0.2) is 17.2 Å². The second kappa shape index (κ2) is 4.46. The Kier molecular flexibility index (Phi) is 3.03. The Labute approximate surface area is 91.0 Å². The molecule has 0 aliphatic carbocycles. The van der Waals surface area contributed by atoms with E-state index in [1.54, 1.807) is 18.2 Å². The fourth-order valence-corrected chi connectivity index (χ4v) is 2.10. The molecule has 0 fully saturated rings. The maximum atomic E-state index is 13.4. The van der Waals surface area contributed by atoms with E-state index in [-0.39, 0.29) is 5.82 Å². The summed E-state index contributed by atoms with van der Waals surface area (Å²) in [5.74, 6) is -0.260. The van der Waals surface area contributed by atoms with Gasteiger partial charge in [0, 0.05) is 12.1 Å². The number of hydrogen-bond donors (Lipinski definition) is 1. The first-order chi connectivity index (χ1) is 7.31. The Morgan fingerprint density at radius 3 is 2.87 bits per heavy atom. The lowest BCUT2D eigenvalue weighted by molar-refractivity contribution is 0.631. The Morgan fingerprint density at radius 1 is 1.33 bits per heavy atom. The monoisotopic (exact) mass is 223 g/mol. The van der Waals surface area contributed by atoms with E-state index in [1.807, 2.05) is 7.05 Å². The molecule has 1 N–H and O–H groups in total. The molecule has 0 spiro atoms. The third-order valence-electron chi connectivity index (χ3n) is 1.90. The average Bonchev–Trinajstić information content (AvgIpc) is 2.68. The van der Waals surface area contributed by atoms with E-state index >= 15 is 0 Å². The minimum absolute atomic E-state index is 0.260. The van der Waals surface area contributed by atoms with E-state index in [0.29, 0.717) is 17.1 Å². The van der Waals surface area contributed by atoms with Gasteiger partial charge in [-0.2, -0.15) is 0 Å². The average molecular weight is 223 g/mol. The van der Waals surface area contributed by atoms with Crippen molar-refractivity contribution in [2.24, 2.45) is 0 Å². The highest BCUT2D eigenvalue weighted by atomic mass is 32.1. The van der Waals surface area contributed by atoms with Crippen LogP contribution in [-0.2, 0) is 6.54 Å². The quantitative estimate of drug-likeness (QED) is 0.865. The predicted molar refractivity (Wildman–Crippen MR) is 58.1 cm³/mol. The van der Waals surface area contributed by atoms with Crippen molar-refractivity contribution >= 4 is 11.3 Å². The number of nitrogens with one attached hydrogen (secondary N) is 1. The number of aromatic nitrogens is 2. The van der Waals surface area contributed by atoms with E-state index < -0.39 is 0 Å². The summed E-state index contributed by atoms with van der Waals surface area (Å²) >= 11 is 1.40. The summed E-state index contributed by atoms with van der Waals surface area (Å²) in [7, 11) is 1.84. The first kappa shape index (κ1) is 10.2. The summed E-state index contributed by atoms with van der Waals surface area (Å²) in [6, 6.07) is 6.58. The zero-order valence-corrected chi connectivity index (χ0v) is 9.01. The molecule has 1 aromatic carbocycles. The van der Waals surface area contributed by atoms with Crippen LogP contribution in [0, 0.1) is 5.82 Å². The zero-order valence-electron chi connectivity index (χ0n) is 8.20. The molecular formula is C10H10FN3S. The Hall–Kier alpha value is -1.33. The second-order valence-electron chi connectivity index (χ2n) is 3.01. The van der Waals surface area contributed by atoms with E-state index in [9.17, 15) is 4.39 Å². The van der Waals surface area contributed by atoms with Gasteiger partial charge < -0.3 is 5.32 Å². The topological polar surface area (TPSA) is 37.8 Å². The van der Waals surface area contributed by atoms with Crippen molar-refractivity contribution in [3.05, 3.63) is 35.1 Å². The normalized spacial score (nSPS) is 10.5. The van der Waals surface area contributed by atoms with Crippen LogP contribution in [0.1, 0.15) is 5.01 Å². The Balaban J connectivity index is 2.33. The van der Waals surface area contributed by atoms with E-state index in [1.165, 1.54) is 17.4 Å². The van der Waals surface area contributed by atoms with Crippen LogP contribution in [0.4, 0.5) is 4.39 Å². The summed E-state index contributed by atoms with van der Waals surface area (Å²) < 4.78 is 13.4. The van der Waals surface area contributed by atoms with E-state index in [4.69, 9.17) is 0 Å². The lowest BCUT2D eigenvalue weighted by Gasteiger charge is -1.95. The highest BCUT2D eigenvalue weighted by Crippen LogP contribution is 2.25. The van der Waals surface area contributed by atoms with Crippen LogP contribution in [0.2, 0.25) is 0 Å². The largest absolute Gasteiger partial charge is 0.313 e. The Morgan fingerprint density at radius 2 is 2.13 bits per heavy atom. The third kappa shape index (κ3) is 2.19. The molecule has 15 heavy (non-hydrogen) atoms. The summed E-state index contributed by atoms with van der Waals surface area (Å²) in [6.45, 7) is 0.659. The summed E-state index contributed by atoms with van der Waals surface area (Å²) in [4.78, 5) is 0. The van der Waals surface area contributed by atoms with Crippen molar-refractivity contribution in [3.8, 4) is 10.6 Å². The molecule has 0 amide bonds. The highest BCUT2D eigenvalue weighted by molar-refractivity contribution is 7.14. The van der Waals surface area contributed by atoms with Gasteiger partial charge in [0.05, 0.1) is 0 Å². The summed E-state index contributed by atoms with van der Waals surface area (Å²) in [5.41, 5.74) is 0.511. The molecule has 0 radical (unpaired) electrons. The molecule has 2 rings (SSSR count). The van der Waals surface area contributed by atoms with Crippen LogP contribution >= 0.6 is 11.3 Å². The standard InChI is InChI=1S/C10H10FN3S/c1-12-6-9-13-14-10(15-9)7-4-2-3-5-8(7)11/h2-5,12H,6H2,1H3. The van der Waals surface area contributed by atoms with E-state index in [0.717, 1.165) is 5.01 Å². The molecule has 0 unspecified atom stereocenters. The van der Waals surface area contributed by atoms with Crippen molar-refractivity contribution in [1.29, 1.82) is 0 Å². The van der Waals surface area contributed by atoms with Crippen LogP contribution in [0.3, 0.4) is 0 Å². The van der Waals surface area contributed by atoms with Gasteiger partial charge in [-0.25, -0.2) is 4.39 Å². The minimum atomic E-state index is -0.260. The predicted octanol–water partition coefficient (Wildman–Crippen LogP) is 2.06. The number of benzene rings is 1. The number of hydrogen-bond acceptors (Lipinski definition) is 4. The molecule has 2 aromatic rings. The molecular weight excluding hydrogens is 213 g/mol. The molecule has 5 heteroatoms. The fourth-order valence-electron chi connectivity index (χ4n) is 1.22. The van der Waals surface area contributed by atoms with E-state index in [2.05, 4.69) is 15.5 Å². The summed E-state index contributed by atoms with van der Waals surface area (Å²) in [5, 5.41) is 12.4. The summed E-state index contributed by atoms with van der Waals surface area (Å²) in [6.07, 6.45) is 0. The van der Waals surface area contributed by atoms with Gasteiger partial charge in [0.25, 0.3) is 0 Å². The third-order valence-corrected chi connectivity index (χ3v) is 2.86. The van der Waals surface area contributed by atoms with Gasteiger partial charge >= 0.3 is 0 Å². The molecule has 0 saturated heterocycles. The van der Waals surface area contributed by atoms with Crippen molar-refractivity contribution in [2.45, 2.75) is 6.54 Å². The van der Waals surface area contributed by atoms with Gasteiger partial charge in [0.2, 0.25) is 0 Å². The van der Waals surface area contributed by atoms with Gasteiger partial charge in [-0.15, -0.1) is 10.2 Å². The number of rotatable bonds is 3. The van der Waals surface area contributed by atoms with Crippen molar-refractivity contribution in [3.63, 3.8) is 0 Å². The SMILES string of the molecule is CNCc1nnc(-c2ccccc2F)s1. The molecule has 3 nitrogen and oxygen atoms in total.